The number of para-hydroxylation sites is 1. The monoisotopic (exact) mass is 308 g/mol. The van der Waals surface area contributed by atoms with E-state index in [0.29, 0.717) is 21.2 Å². The number of rotatable bonds is 2. The van der Waals surface area contributed by atoms with Gasteiger partial charge in [-0.3, -0.25) is 4.57 Å². The molecular formula is C14H10ClFN2OS. The Kier molecular flexibility index (Phi) is 3.23. The Bertz CT molecular complexity index is 836. The minimum atomic E-state index is -0.411. The topological polar surface area (TPSA) is 29.9 Å². The molecule has 1 N–H and O–H groups in total. The summed E-state index contributed by atoms with van der Waals surface area (Å²) in [6, 6.07) is 9.85. The van der Waals surface area contributed by atoms with Gasteiger partial charge in [0.05, 0.1) is 18.3 Å². The summed E-state index contributed by atoms with van der Waals surface area (Å²) in [7, 11) is 1.59. The van der Waals surface area contributed by atoms with E-state index in [1.165, 1.54) is 12.1 Å². The van der Waals surface area contributed by atoms with E-state index in [2.05, 4.69) is 4.98 Å². The summed E-state index contributed by atoms with van der Waals surface area (Å²) in [6.45, 7) is 0. The summed E-state index contributed by atoms with van der Waals surface area (Å²) in [4.78, 5) is 3.07. The van der Waals surface area contributed by atoms with Crippen LogP contribution in [0.5, 0.6) is 5.75 Å². The van der Waals surface area contributed by atoms with E-state index in [-0.39, 0.29) is 0 Å². The first-order chi connectivity index (χ1) is 9.60. The van der Waals surface area contributed by atoms with Gasteiger partial charge in [0, 0.05) is 5.02 Å². The molecule has 0 unspecified atom stereocenters. The van der Waals surface area contributed by atoms with Crippen LogP contribution < -0.4 is 4.74 Å². The molecule has 20 heavy (non-hydrogen) atoms. The lowest BCUT2D eigenvalue weighted by Crippen LogP contribution is -1.95. The van der Waals surface area contributed by atoms with Crippen molar-refractivity contribution in [3.8, 4) is 11.4 Å². The summed E-state index contributed by atoms with van der Waals surface area (Å²) < 4.78 is 21.0. The van der Waals surface area contributed by atoms with Gasteiger partial charge in [-0.25, -0.2) is 4.39 Å². The maximum atomic E-state index is 13.5. The van der Waals surface area contributed by atoms with Gasteiger partial charge in [-0.05, 0) is 42.5 Å². The third kappa shape index (κ3) is 2.09. The van der Waals surface area contributed by atoms with Crippen molar-refractivity contribution in [2.75, 3.05) is 7.11 Å². The molecule has 3 rings (SSSR count). The quantitative estimate of drug-likeness (QED) is 0.707. The van der Waals surface area contributed by atoms with Crippen molar-refractivity contribution in [2.24, 2.45) is 0 Å². The zero-order valence-corrected chi connectivity index (χ0v) is 12.1. The van der Waals surface area contributed by atoms with Crippen LogP contribution in [0.2, 0.25) is 5.02 Å². The van der Waals surface area contributed by atoms with Gasteiger partial charge < -0.3 is 9.72 Å². The van der Waals surface area contributed by atoms with E-state index in [9.17, 15) is 4.39 Å². The Balaban J connectivity index is 2.36. The molecule has 0 radical (unpaired) electrons. The Morgan fingerprint density at radius 1 is 1.30 bits per heavy atom. The molecule has 0 aliphatic rings. The first kappa shape index (κ1) is 13.1. The van der Waals surface area contributed by atoms with Crippen LogP contribution in [0, 0.1) is 10.6 Å². The summed E-state index contributed by atoms with van der Waals surface area (Å²) in [6.07, 6.45) is 0. The van der Waals surface area contributed by atoms with Gasteiger partial charge in [-0.1, -0.05) is 17.7 Å². The highest BCUT2D eigenvalue weighted by Crippen LogP contribution is 2.28. The normalized spacial score (nSPS) is 10.9. The number of hydrogen-bond donors (Lipinski definition) is 1. The average Bonchev–Trinajstić information content (AvgIpc) is 2.73. The first-order valence-electron chi connectivity index (χ1n) is 5.84. The van der Waals surface area contributed by atoms with Crippen LogP contribution in [0.25, 0.3) is 16.7 Å². The molecule has 0 saturated carbocycles. The number of H-pyrrole nitrogens is 1. The molecule has 0 saturated heterocycles. The zero-order valence-electron chi connectivity index (χ0n) is 10.5. The van der Waals surface area contributed by atoms with Crippen molar-refractivity contribution in [3.63, 3.8) is 0 Å². The average molecular weight is 309 g/mol. The molecule has 0 aliphatic heterocycles. The molecule has 6 heteroatoms. The standard InChI is InChI=1S/C14H10ClFN2OS/c1-19-12-4-2-3-11-13(12)17-14(20)18(11)10-6-8(15)5-9(16)7-10/h2-7H,1H3,(H,17,20). The lowest BCUT2D eigenvalue weighted by atomic mass is 10.2. The molecule has 0 bridgehead atoms. The van der Waals surface area contributed by atoms with Crippen molar-refractivity contribution in [1.29, 1.82) is 0 Å². The SMILES string of the molecule is COc1cccc2c1[nH]c(=S)n2-c1cc(F)cc(Cl)c1. The second kappa shape index (κ2) is 4.92. The van der Waals surface area contributed by atoms with Crippen molar-refractivity contribution in [1.82, 2.24) is 9.55 Å². The smallest absolute Gasteiger partial charge is 0.182 e. The van der Waals surface area contributed by atoms with Gasteiger partial charge in [0.15, 0.2) is 4.77 Å². The van der Waals surface area contributed by atoms with Gasteiger partial charge in [-0.15, -0.1) is 0 Å². The predicted octanol–water partition coefficient (Wildman–Crippen LogP) is 4.49. The minimum absolute atomic E-state index is 0.319. The number of ether oxygens (including phenoxy) is 1. The number of fused-ring (bicyclic) bond motifs is 1. The number of halogens is 2. The van der Waals surface area contributed by atoms with Crippen LogP contribution in [-0.2, 0) is 0 Å². The van der Waals surface area contributed by atoms with E-state index in [4.69, 9.17) is 28.6 Å². The maximum Gasteiger partial charge on any atom is 0.182 e. The van der Waals surface area contributed by atoms with E-state index >= 15 is 0 Å². The second-order valence-corrected chi connectivity index (χ2v) is 5.07. The molecule has 2 aromatic carbocycles. The minimum Gasteiger partial charge on any atom is -0.494 e. The highest BCUT2D eigenvalue weighted by atomic mass is 35.5. The van der Waals surface area contributed by atoms with Crippen molar-refractivity contribution < 1.29 is 9.13 Å². The zero-order chi connectivity index (χ0) is 14.3. The number of nitrogens with one attached hydrogen (secondary N) is 1. The summed E-state index contributed by atoms with van der Waals surface area (Å²) >= 11 is 11.2. The molecule has 1 aromatic heterocycles. The fourth-order valence-corrected chi connectivity index (χ4v) is 2.72. The summed E-state index contributed by atoms with van der Waals surface area (Å²) in [5.41, 5.74) is 2.14. The van der Waals surface area contributed by atoms with Crippen LogP contribution in [0.15, 0.2) is 36.4 Å². The van der Waals surface area contributed by atoms with Crippen LogP contribution >= 0.6 is 23.8 Å². The van der Waals surface area contributed by atoms with E-state index < -0.39 is 5.82 Å². The molecule has 3 aromatic rings. The molecule has 0 aliphatic carbocycles. The van der Waals surface area contributed by atoms with E-state index in [1.807, 2.05) is 18.2 Å². The fourth-order valence-electron chi connectivity index (χ4n) is 2.20. The Morgan fingerprint density at radius 2 is 2.10 bits per heavy atom. The number of aromatic amines is 1. The van der Waals surface area contributed by atoms with Gasteiger partial charge in [0.1, 0.15) is 17.1 Å². The van der Waals surface area contributed by atoms with Gasteiger partial charge in [0.25, 0.3) is 0 Å². The lowest BCUT2D eigenvalue weighted by Gasteiger charge is -2.06. The van der Waals surface area contributed by atoms with Crippen molar-refractivity contribution >= 4 is 34.9 Å². The summed E-state index contributed by atoms with van der Waals surface area (Å²) in [5, 5.41) is 0.319. The molecule has 0 fully saturated rings. The van der Waals surface area contributed by atoms with Crippen molar-refractivity contribution in [2.45, 2.75) is 0 Å². The lowest BCUT2D eigenvalue weighted by molar-refractivity contribution is 0.419. The third-order valence-electron chi connectivity index (χ3n) is 3.01. The molecule has 1 heterocycles. The van der Waals surface area contributed by atoms with Gasteiger partial charge in [-0.2, -0.15) is 0 Å². The Morgan fingerprint density at radius 3 is 2.80 bits per heavy atom. The van der Waals surface area contributed by atoms with Crippen LogP contribution in [0.1, 0.15) is 0 Å². The maximum absolute atomic E-state index is 13.5. The highest BCUT2D eigenvalue weighted by molar-refractivity contribution is 7.71. The Hall–Kier alpha value is -1.85. The molecule has 0 atom stereocenters. The number of methoxy groups -OCH3 is 1. The first-order valence-corrected chi connectivity index (χ1v) is 6.63. The number of imidazole rings is 1. The molecule has 102 valence electrons. The fraction of sp³-hybridized carbons (Fsp3) is 0.0714. The number of hydrogen-bond acceptors (Lipinski definition) is 2. The second-order valence-electron chi connectivity index (χ2n) is 4.25. The highest BCUT2D eigenvalue weighted by Gasteiger charge is 2.11. The van der Waals surface area contributed by atoms with Crippen molar-refractivity contribution in [3.05, 3.63) is 52.0 Å². The van der Waals surface area contributed by atoms with Crippen LogP contribution in [0.3, 0.4) is 0 Å². The van der Waals surface area contributed by atoms with Gasteiger partial charge >= 0.3 is 0 Å². The Labute approximate surface area is 124 Å². The summed E-state index contributed by atoms with van der Waals surface area (Å²) in [5.74, 6) is 0.265. The van der Waals surface area contributed by atoms with E-state index in [1.54, 1.807) is 17.7 Å². The number of aromatic nitrogens is 2. The molecule has 3 nitrogen and oxygen atoms in total. The largest absolute Gasteiger partial charge is 0.494 e. The third-order valence-corrected chi connectivity index (χ3v) is 3.51. The predicted molar refractivity (Wildman–Crippen MR) is 80.0 cm³/mol. The molecular weight excluding hydrogens is 299 g/mol. The molecule has 0 spiro atoms. The number of benzene rings is 2. The van der Waals surface area contributed by atoms with E-state index in [0.717, 1.165) is 11.0 Å². The number of nitrogens with zero attached hydrogens (tertiary/aromatic N) is 1. The van der Waals surface area contributed by atoms with Gasteiger partial charge in [0.2, 0.25) is 0 Å². The molecule has 0 amide bonds. The van der Waals surface area contributed by atoms with Crippen LogP contribution in [0.4, 0.5) is 4.39 Å². The van der Waals surface area contributed by atoms with Crippen LogP contribution in [-0.4, -0.2) is 16.7 Å².